The number of anilines is 1. The second-order valence-corrected chi connectivity index (χ2v) is 4.84. The Kier molecular flexibility index (Phi) is 4.38. The van der Waals surface area contributed by atoms with Crippen LogP contribution in [0.4, 0.5) is 5.69 Å². The number of esters is 1. The molecule has 4 nitrogen and oxygen atoms in total. The van der Waals surface area contributed by atoms with Crippen molar-refractivity contribution in [3.05, 3.63) is 64.7 Å². The molecule has 0 saturated carbocycles. The zero-order valence-corrected chi connectivity index (χ0v) is 12.3. The van der Waals surface area contributed by atoms with E-state index in [1.807, 2.05) is 32.0 Å². The molecule has 21 heavy (non-hydrogen) atoms. The number of methoxy groups -OCH3 is 1. The molecule has 0 bridgehead atoms. The van der Waals surface area contributed by atoms with E-state index in [1.54, 1.807) is 18.2 Å². The van der Waals surface area contributed by atoms with Crippen molar-refractivity contribution < 1.29 is 14.3 Å². The van der Waals surface area contributed by atoms with Crippen LogP contribution in [0, 0.1) is 13.8 Å². The van der Waals surface area contributed by atoms with E-state index in [2.05, 4.69) is 10.1 Å². The summed E-state index contributed by atoms with van der Waals surface area (Å²) in [4.78, 5) is 23.8. The molecule has 4 heteroatoms. The smallest absolute Gasteiger partial charge is 0.337 e. The van der Waals surface area contributed by atoms with Gasteiger partial charge in [-0.05, 0) is 49.2 Å². The van der Waals surface area contributed by atoms with Gasteiger partial charge < -0.3 is 10.1 Å². The van der Waals surface area contributed by atoms with Gasteiger partial charge in [0.05, 0.1) is 12.7 Å². The monoisotopic (exact) mass is 283 g/mol. The molecule has 2 aromatic carbocycles. The molecular formula is C17H17NO3. The number of nitrogens with one attached hydrogen (secondary N) is 1. The third-order valence-corrected chi connectivity index (χ3v) is 3.19. The second-order valence-electron chi connectivity index (χ2n) is 4.84. The van der Waals surface area contributed by atoms with Gasteiger partial charge in [-0.3, -0.25) is 4.79 Å². The molecule has 2 aromatic rings. The Labute approximate surface area is 123 Å². The first-order chi connectivity index (χ1) is 10.0. The van der Waals surface area contributed by atoms with Crippen LogP contribution in [0.5, 0.6) is 0 Å². The minimum atomic E-state index is -0.462. The van der Waals surface area contributed by atoms with Crippen LogP contribution in [0.25, 0.3) is 0 Å². The van der Waals surface area contributed by atoms with E-state index >= 15 is 0 Å². The first-order valence-corrected chi connectivity index (χ1v) is 6.58. The van der Waals surface area contributed by atoms with E-state index in [4.69, 9.17) is 0 Å². The van der Waals surface area contributed by atoms with Gasteiger partial charge in [0.15, 0.2) is 0 Å². The Morgan fingerprint density at radius 1 is 1.00 bits per heavy atom. The molecule has 0 spiro atoms. The van der Waals surface area contributed by atoms with Crippen LogP contribution in [0.15, 0.2) is 42.5 Å². The van der Waals surface area contributed by atoms with Crippen LogP contribution in [0.2, 0.25) is 0 Å². The lowest BCUT2D eigenvalue weighted by atomic mass is 10.1. The number of aryl methyl sites for hydroxylation is 2. The molecular weight excluding hydrogens is 266 g/mol. The predicted octanol–water partition coefficient (Wildman–Crippen LogP) is 3.34. The standard InChI is InChI=1S/C17H17NO3/c1-11-7-8-12(2)15(9-11)18-16(19)13-5-4-6-14(10-13)17(20)21-3/h4-10H,1-3H3,(H,18,19). The van der Waals surface area contributed by atoms with E-state index in [-0.39, 0.29) is 5.91 Å². The van der Waals surface area contributed by atoms with Gasteiger partial charge in [0.25, 0.3) is 5.91 Å². The Balaban J connectivity index is 2.24. The largest absolute Gasteiger partial charge is 0.465 e. The molecule has 2 rings (SSSR count). The summed E-state index contributed by atoms with van der Waals surface area (Å²) < 4.78 is 4.65. The molecule has 0 atom stereocenters. The summed E-state index contributed by atoms with van der Waals surface area (Å²) in [5.74, 6) is -0.717. The van der Waals surface area contributed by atoms with Crippen molar-refractivity contribution in [2.75, 3.05) is 12.4 Å². The molecule has 0 aliphatic heterocycles. The summed E-state index contributed by atoms with van der Waals surface area (Å²) >= 11 is 0. The van der Waals surface area contributed by atoms with Gasteiger partial charge in [0.1, 0.15) is 0 Å². The predicted molar refractivity (Wildman–Crippen MR) is 81.7 cm³/mol. The zero-order valence-electron chi connectivity index (χ0n) is 12.3. The highest BCUT2D eigenvalue weighted by Crippen LogP contribution is 2.18. The number of benzene rings is 2. The van der Waals surface area contributed by atoms with Crippen molar-refractivity contribution >= 4 is 17.6 Å². The Morgan fingerprint density at radius 3 is 2.43 bits per heavy atom. The highest BCUT2D eigenvalue weighted by Gasteiger charge is 2.11. The van der Waals surface area contributed by atoms with Gasteiger partial charge in [-0.2, -0.15) is 0 Å². The maximum Gasteiger partial charge on any atom is 0.337 e. The van der Waals surface area contributed by atoms with Gasteiger partial charge >= 0.3 is 5.97 Å². The van der Waals surface area contributed by atoms with E-state index < -0.39 is 5.97 Å². The molecule has 0 unspecified atom stereocenters. The average Bonchev–Trinajstić information content (AvgIpc) is 2.50. The number of carbonyl (C=O) groups is 2. The lowest BCUT2D eigenvalue weighted by Gasteiger charge is -2.10. The highest BCUT2D eigenvalue weighted by molar-refractivity contribution is 6.06. The SMILES string of the molecule is COC(=O)c1cccc(C(=O)Nc2cc(C)ccc2C)c1. The van der Waals surface area contributed by atoms with Gasteiger partial charge in [0, 0.05) is 11.3 Å². The molecule has 0 saturated heterocycles. The molecule has 108 valence electrons. The van der Waals surface area contributed by atoms with Crippen molar-refractivity contribution in [2.24, 2.45) is 0 Å². The van der Waals surface area contributed by atoms with Crippen LogP contribution in [0.3, 0.4) is 0 Å². The summed E-state index contributed by atoms with van der Waals surface area (Å²) in [7, 11) is 1.31. The van der Waals surface area contributed by atoms with Crippen LogP contribution in [-0.4, -0.2) is 19.0 Å². The van der Waals surface area contributed by atoms with Crippen molar-refractivity contribution in [2.45, 2.75) is 13.8 Å². The summed E-state index contributed by atoms with van der Waals surface area (Å²) in [6.45, 7) is 3.90. The molecule has 0 radical (unpaired) electrons. The van der Waals surface area contributed by atoms with Crippen LogP contribution in [-0.2, 0) is 4.74 Å². The van der Waals surface area contributed by atoms with Crippen molar-refractivity contribution in [3.8, 4) is 0 Å². The van der Waals surface area contributed by atoms with Crippen molar-refractivity contribution in [1.29, 1.82) is 0 Å². The number of carbonyl (C=O) groups excluding carboxylic acids is 2. The lowest BCUT2D eigenvalue weighted by molar-refractivity contribution is 0.0600. The molecule has 1 N–H and O–H groups in total. The maximum atomic E-state index is 12.3. The molecule has 0 fully saturated rings. The quantitative estimate of drug-likeness (QED) is 0.879. The van der Waals surface area contributed by atoms with Gasteiger partial charge in [0.2, 0.25) is 0 Å². The highest BCUT2D eigenvalue weighted by atomic mass is 16.5. The normalized spacial score (nSPS) is 10.0. The van der Waals surface area contributed by atoms with Gasteiger partial charge in [-0.15, -0.1) is 0 Å². The first kappa shape index (κ1) is 14.8. The summed E-state index contributed by atoms with van der Waals surface area (Å²) in [6.07, 6.45) is 0. The second kappa shape index (κ2) is 6.22. The molecule has 0 aliphatic rings. The van der Waals surface area contributed by atoms with Gasteiger partial charge in [-0.1, -0.05) is 18.2 Å². The van der Waals surface area contributed by atoms with E-state index in [0.29, 0.717) is 11.1 Å². The maximum absolute atomic E-state index is 12.3. The minimum Gasteiger partial charge on any atom is -0.465 e. The number of hydrogen-bond acceptors (Lipinski definition) is 3. The average molecular weight is 283 g/mol. The molecule has 0 aliphatic carbocycles. The lowest BCUT2D eigenvalue weighted by Crippen LogP contribution is -2.14. The molecule has 0 aromatic heterocycles. The number of rotatable bonds is 3. The van der Waals surface area contributed by atoms with E-state index in [0.717, 1.165) is 16.8 Å². The Bertz CT molecular complexity index is 692. The summed E-state index contributed by atoms with van der Waals surface area (Å²) in [5.41, 5.74) is 3.59. The summed E-state index contributed by atoms with van der Waals surface area (Å²) in [6, 6.07) is 12.3. The fourth-order valence-corrected chi connectivity index (χ4v) is 1.97. The van der Waals surface area contributed by atoms with Crippen LogP contribution in [0.1, 0.15) is 31.8 Å². The fraction of sp³-hybridized carbons (Fsp3) is 0.176. The molecule has 0 heterocycles. The Morgan fingerprint density at radius 2 is 1.71 bits per heavy atom. The zero-order chi connectivity index (χ0) is 15.4. The van der Waals surface area contributed by atoms with E-state index in [9.17, 15) is 9.59 Å². The molecule has 1 amide bonds. The fourth-order valence-electron chi connectivity index (χ4n) is 1.97. The van der Waals surface area contributed by atoms with Gasteiger partial charge in [-0.25, -0.2) is 4.79 Å². The van der Waals surface area contributed by atoms with E-state index in [1.165, 1.54) is 13.2 Å². The number of hydrogen-bond donors (Lipinski definition) is 1. The Hall–Kier alpha value is -2.62. The number of ether oxygens (including phenoxy) is 1. The van der Waals surface area contributed by atoms with Crippen molar-refractivity contribution in [3.63, 3.8) is 0 Å². The number of amides is 1. The van der Waals surface area contributed by atoms with Crippen LogP contribution >= 0.6 is 0 Å². The third kappa shape index (κ3) is 3.48. The third-order valence-electron chi connectivity index (χ3n) is 3.19. The van der Waals surface area contributed by atoms with Crippen LogP contribution < -0.4 is 5.32 Å². The van der Waals surface area contributed by atoms with Crippen molar-refractivity contribution in [1.82, 2.24) is 0 Å². The minimum absolute atomic E-state index is 0.255. The topological polar surface area (TPSA) is 55.4 Å². The first-order valence-electron chi connectivity index (χ1n) is 6.58. The summed E-state index contributed by atoms with van der Waals surface area (Å²) in [5, 5.41) is 2.86.